The average molecular weight is 312 g/mol. The van der Waals surface area contributed by atoms with E-state index in [-0.39, 0.29) is 11.6 Å². The minimum absolute atomic E-state index is 0.0183. The molecule has 2 aromatic rings. The third-order valence-corrected chi connectivity index (χ3v) is 4.04. The molecule has 0 N–H and O–H groups in total. The summed E-state index contributed by atoms with van der Waals surface area (Å²) in [6, 6.07) is 11.6. The summed E-state index contributed by atoms with van der Waals surface area (Å²) in [5, 5.41) is 10.7. The van der Waals surface area contributed by atoms with Crippen LogP contribution in [0.4, 0.5) is 5.69 Å². The molecule has 0 bridgehead atoms. The van der Waals surface area contributed by atoms with E-state index in [0.29, 0.717) is 18.7 Å². The zero-order valence-corrected chi connectivity index (χ0v) is 12.7. The van der Waals surface area contributed by atoms with Gasteiger partial charge in [0.05, 0.1) is 12.0 Å². The first-order valence-corrected chi connectivity index (χ1v) is 7.28. The maximum Gasteiger partial charge on any atom is 0.269 e. The molecule has 6 heteroatoms. The fraction of sp³-hybridized carbons (Fsp3) is 0.235. The van der Waals surface area contributed by atoms with Gasteiger partial charge in [0, 0.05) is 30.8 Å². The van der Waals surface area contributed by atoms with Gasteiger partial charge in [-0.15, -0.1) is 0 Å². The second kappa shape index (κ2) is 6.08. The van der Waals surface area contributed by atoms with E-state index in [1.54, 1.807) is 12.0 Å². The third-order valence-electron chi connectivity index (χ3n) is 4.04. The SMILES string of the molecule is COc1ccc2c(c1)CN(C(=O)c1ccc([N+](=O)[O-])cc1)CC2. The van der Waals surface area contributed by atoms with Gasteiger partial charge >= 0.3 is 0 Å². The third kappa shape index (κ3) is 3.01. The summed E-state index contributed by atoms with van der Waals surface area (Å²) in [4.78, 5) is 24.5. The van der Waals surface area contributed by atoms with Gasteiger partial charge in [0.1, 0.15) is 5.75 Å². The van der Waals surface area contributed by atoms with Crippen LogP contribution in [0.1, 0.15) is 21.5 Å². The van der Waals surface area contributed by atoms with Gasteiger partial charge in [-0.2, -0.15) is 0 Å². The Kier molecular flexibility index (Phi) is 3.97. The van der Waals surface area contributed by atoms with Crippen LogP contribution in [0.25, 0.3) is 0 Å². The number of ether oxygens (including phenoxy) is 1. The van der Waals surface area contributed by atoms with Crippen molar-refractivity contribution in [1.29, 1.82) is 0 Å². The molecule has 0 aliphatic carbocycles. The van der Waals surface area contributed by atoms with E-state index < -0.39 is 4.92 Å². The molecule has 23 heavy (non-hydrogen) atoms. The van der Waals surface area contributed by atoms with Crippen LogP contribution in [0.2, 0.25) is 0 Å². The highest BCUT2D eigenvalue weighted by atomic mass is 16.6. The highest BCUT2D eigenvalue weighted by Gasteiger charge is 2.22. The normalized spacial score (nSPS) is 13.3. The lowest BCUT2D eigenvalue weighted by molar-refractivity contribution is -0.384. The molecule has 0 spiro atoms. The van der Waals surface area contributed by atoms with Gasteiger partial charge in [-0.25, -0.2) is 0 Å². The number of benzene rings is 2. The summed E-state index contributed by atoms with van der Waals surface area (Å²) in [7, 11) is 1.62. The lowest BCUT2D eigenvalue weighted by atomic mass is 9.99. The van der Waals surface area contributed by atoms with Crippen LogP contribution in [0.3, 0.4) is 0 Å². The highest BCUT2D eigenvalue weighted by molar-refractivity contribution is 5.94. The number of hydrogen-bond acceptors (Lipinski definition) is 4. The van der Waals surface area contributed by atoms with Crippen LogP contribution >= 0.6 is 0 Å². The smallest absolute Gasteiger partial charge is 0.269 e. The Morgan fingerprint density at radius 2 is 1.91 bits per heavy atom. The Bertz CT molecular complexity index is 756. The minimum atomic E-state index is -0.475. The molecule has 0 saturated carbocycles. The molecule has 0 atom stereocenters. The first-order valence-electron chi connectivity index (χ1n) is 7.28. The Hall–Kier alpha value is -2.89. The molecule has 6 nitrogen and oxygen atoms in total. The predicted octanol–water partition coefficient (Wildman–Crippen LogP) is 2.80. The molecule has 1 aliphatic heterocycles. The van der Waals surface area contributed by atoms with Gasteiger partial charge in [-0.3, -0.25) is 14.9 Å². The molecule has 0 saturated heterocycles. The summed E-state index contributed by atoms with van der Waals surface area (Å²) in [5.41, 5.74) is 2.74. The minimum Gasteiger partial charge on any atom is -0.497 e. The number of carbonyl (C=O) groups is 1. The number of methoxy groups -OCH3 is 1. The molecule has 1 heterocycles. The van der Waals surface area contributed by atoms with Gasteiger partial charge in [-0.05, 0) is 41.8 Å². The number of non-ortho nitro benzene ring substituents is 1. The molecule has 0 unspecified atom stereocenters. The van der Waals surface area contributed by atoms with Crippen LogP contribution < -0.4 is 4.74 Å². The summed E-state index contributed by atoms with van der Waals surface area (Å²) in [6.07, 6.45) is 0.790. The lowest BCUT2D eigenvalue weighted by Gasteiger charge is -2.29. The van der Waals surface area contributed by atoms with Gasteiger partial charge in [0.2, 0.25) is 0 Å². The standard InChI is InChI=1S/C17H16N2O4/c1-23-16-7-4-12-8-9-18(11-14(12)10-16)17(20)13-2-5-15(6-3-13)19(21)22/h2-7,10H,8-9,11H2,1H3. The zero-order chi connectivity index (χ0) is 16.4. The van der Waals surface area contributed by atoms with Gasteiger partial charge in [0.25, 0.3) is 11.6 Å². The fourth-order valence-corrected chi connectivity index (χ4v) is 2.74. The Morgan fingerprint density at radius 3 is 2.57 bits per heavy atom. The van der Waals surface area contributed by atoms with Gasteiger partial charge in [0.15, 0.2) is 0 Å². The van der Waals surface area contributed by atoms with Crippen molar-refractivity contribution in [2.45, 2.75) is 13.0 Å². The monoisotopic (exact) mass is 312 g/mol. The maximum atomic E-state index is 12.6. The average Bonchev–Trinajstić information content (AvgIpc) is 2.60. The molecule has 2 aromatic carbocycles. The predicted molar refractivity (Wildman–Crippen MR) is 84.5 cm³/mol. The van der Waals surface area contributed by atoms with Gasteiger partial charge in [-0.1, -0.05) is 6.07 Å². The molecule has 0 radical (unpaired) electrons. The molecule has 1 aliphatic rings. The maximum absolute atomic E-state index is 12.6. The summed E-state index contributed by atoms with van der Waals surface area (Å²) in [5.74, 6) is 0.654. The number of amides is 1. The molecular weight excluding hydrogens is 296 g/mol. The van der Waals surface area contributed by atoms with E-state index in [9.17, 15) is 14.9 Å². The molecule has 1 amide bonds. The van der Waals surface area contributed by atoms with Crippen molar-refractivity contribution in [2.24, 2.45) is 0 Å². The molecular formula is C17H16N2O4. The number of rotatable bonds is 3. The van der Waals surface area contributed by atoms with Crippen molar-refractivity contribution in [3.8, 4) is 5.75 Å². The Labute approximate surface area is 133 Å². The topological polar surface area (TPSA) is 72.7 Å². The lowest BCUT2D eigenvalue weighted by Crippen LogP contribution is -2.35. The highest BCUT2D eigenvalue weighted by Crippen LogP contribution is 2.25. The molecule has 0 aromatic heterocycles. The van der Waals surface area contributed by atoms with Gasteiger partial charge < -0.3 is 9.64 Å². The van der Waals surface area contributed by atoms with Crippen molar-refractivity contribution in [3.63, 3.8) is 0 Å². The van der Waals surface area contributed by atoms with E-state index in [4.69, 9.17) is 4.74 Å². The first kappa shape index (κ1) is 15.0. The number of nitrogens with zero attached hydrogens (tertiary/aromatic N) is 2. The largest absolute Gasteiger partial charge is 0.497 e. The molecule has 118 valence electrons. The van der Waals surface area contributed by atoms with Crippen molar-refractivity contribution in [1.82, 2.24) is 4.90 Å². The van der Waals surface area contributed by atoms with Crippen molar-refractivity contribution in [2.75, 3.05) is 13.7 Å². The zero-order valence-electron chi connectivity index (χ0n) is 12.7. The Balaban J connectivity index is 1.79. The quantitative estimate of drug-likeness (QED) is 0.645. The van der Waals surface area contributed by atoms with Crippen LogP contribution in [0, 0.1) is 10.1 Å². The summed E-state index contributed by atoms with van der Waals surface area (Å²) >= 11 is 0. The van der Waals surface area contributed by atoms with Crippen LogP contribution in [0.5, 0.6) is 5.75 Å². The number of nitro groups is 1. The van der Waals surface area contributed by atoms with E-state index in [1.807, 2.05) is 18.2 Å². The van der Waals surface area contributed by atoms with E-state index in [2.05, 4.69) is 0 Å². The van der Waals surface area contributed by atoms with Crippen LogP contribution in [-0.4, -0.2) is 29.4 Å². The van der Waals surface area contributed by atoms with E-state index in [0.717, 1.165) is 17.7 Å². The number of fused-ring (bicyclic) bond motifs is 1. The summed E-state index contributed by atoms with van der Waals surface area (Å²) in [6.45, 7) is 1.15. The van der Waals surface area contributed by atoms with E-state index in [1.165, 1.54) is 29.8 Å². The van der Waals surface area contributed by atoms with E-state index >= 15 is 0 Å². The van der Waals surface area contributed by atoms with Crippen LogP contribution in [0.15, 0.2) is 42.5 Å². The Morgan fingerprint density at radius 1 is 1.17 bits per heavy atom. The number of hydrogen-bond donors (Lipinski definition) is 0. The summed E-state index contributed by atoms with van der Waals surface area (Å²) < 4.78 is 5.23. The first-order chi connectivity index (χ1) is 11.1. The van der Waals surface area contributed by atoms with Crippen LogP contribution in [-0.2, 0) is 13.0 Å². The number of carbonyl (C=O) groups excluding carboxylic acids is 1. The molecule has 0 fully saturated rings. The van der Waals surface area contributed by atoms with Crippen molar-refractivity contribution < 1.29 is 14.5 Å². The molecule has 3 rings (SSSR count). The second-order valence-corrected chi connectivity index (χ2v) is 5.42. The fourth-order valence-electron chi connectivity index (χ4n) is 2.74. The van der Waals surface area contributed by atoms with Crippen molar-refractivity contribution >= 4 is 11.6 Å². The van der Waals surface area contributed by atoms with Crippen molar-refractivity contribution in [3.05, 3.63) is 69.3 Å². The number of nitro benzene ring substituents is 1. The second-order valence-electron chi connectivity index (χ2n) is 5.42.